The van der Waals surface area contributed by atoms with E-state index in [1.807, 2.05) is 4.90 Å². The monoisotopic (exact) mass is 417 g/mol. The highest BCUT2D eigenvalue weighted by molar-refractivity contribution is 6.14. The smallest absolute Gasteiger partial charge is 0.236 e. The van der Waals surface area contributed by atoms with E-state index in [0.717, 1.165) is 50.5 Å². The van der Waals surface area contributed by atoms with Gasteiger partial charge in [0, 0.05) is 37.3 Å². The summed E-state index contributed by atoms with van der Waals surface area (Å²) in [6, 6.07) is 17.1. The van der Waals surface area contributed by atoms with Crippen molar-refractivity contribution in [3.63, 3.8) is 0 Å². The lowest BCUT2D eigenvalue weighted by molar-refractivity contribution is -0.134. The van der Waals surface area contributed by atoms with Crippen LogP contribution in [0.5, 0.6) is 0 Å². The molecule has 3 aliphatic heterocycles. The number of likely N-dealkylation sites (tertiary alicyclic amines) is 1. The Balaban J connectivity index is 1.27. The third-order valence-electron chi connectivity index (χ3n) is 6.72. The fraction of sp³-hybridized carbons (Fsp3) is 0.440. The Morgan fingerprint density at radius 3 is 2.42 bits per heavy atom. The van der Waals surface area contributed by atoms with Crippen LogP contribution in [0.25, 0.3) is 0 Å². The minimum atomic E-state index is 0.0428. The van der Waals surface area contributed by atoms with E-state index < -0.39 is 0 Å². The van der Waals surface area contributed by atoms with Crippen molar-refractivity contribution in [2.45, 2.75) is 25.9 Å². The minimum Gasteiger partial charge on any atom is -0.339 e. The summed E-state index contributed by atoms with van der Waals surface area (Å²) in [5.41, 5.74) is 9.22. The summed E-state index contributed by atoms with van der Waals surface area (Å²) < 4.78 is 0. The first-order valence-electron chi connectivity index (χ1n) is 11.4. The molecule has 2 aromatic carbocycles. The van der Waals surface area contributed by atoms with Gasteiger partial charge in [0.2, 0.25) is 5.91 Å². The number of rotatable bonds is 4. The maximum Gasteiger partial charge on any atom is 0.236 e. The molecule has 2 saturated heterocycles. The van der Waals surface area contributed by atoms with Crippen LogP contribution in [0.1, 0.15) is 41.3 Å². The van der Waals surface area contributed by atoms with Crippen LogP contribution in [0.3, 0.4) is 0 Å². The van der Waals surface area contributed by atoms with Crippen LogP contribution in [0.2, 0.25) is 0 Å². The Morgan fingerprint density at radius 2 is 1.68 bits per heavy atom. The van der Waals surface area contributed by atoms with Crippen LogP contribution in [-0.2, 0) is 4.79 Å². The number of carbonyl (C=O) groups excluding carboxylic acids is 1. The third kappa shape index (κ3) is 4.23. The Bertz CT molecular complexity index is 956. The fourth-order valence-electron chi connectivity index (χ4n) is 4.88. The molecular weight excluding hydrogens is 386 g/mol. The van der Waals surface area contributed by atoms with Crippen LogP contribution >= 0.6 is 0 Å². The van der Waals surface area contributed by atoms with E-state index in [0.29, 0.717) is 6.54 Å². The Labute approximate surface area is 184 Å². The molecule has 1 unspecified atom stereocenters. The fourth-order valence-corrected chi connectivity index (χ4v) is 4.88. The lowest BCUT2D eigenvalue weighted by Gasteiger charge is -2.41. The number of hydrazone groups is 1. The van der Waals surface area contributed by atoms with Gasteiger partial charge < -0.3 is 4.90 Å². The van der Waals surface area contributed by atoms with Crippen molar-refractivity contribution in [2.24, 2.45) is 5.10 Å². The van der Waals surface area contributed by atoms with E-state index in [2.05, 4.69) is 70.7 Å². The number of amides is 1. The maximum atomic E-state index is 12.7. The van der Waals surface area contributed by atoms with Gasteiger partial charge in [0.05, 0.1) is 12.3 Å². The highest BCUT2D eigenvalue weighted by atomic mass is 16.2. The zero-order valence-corrected chi connectivity index (χ0v) is 18.3. The zero-order chi connectivity index (χ0) is 21.2. The van der Waals surface area contributed by atoms with Crippen molar-refractivity contribution in [1.29, 1.82) is 0 Å². The summed E-state index contributed by atoms with van der Waals surface area (Å²) in [5, 5.41) is 4.79. The summed E-state index contributed by atoms with van der Waals surface area (Å²) in [6.45, 7) is 8.08. The molecule has 0 spiro atoms. The first kappa shape index (κ1) is 20.2. The van der Waals surface area contributed by atoms with E-state index in [9.17, 15) is 4.79 Å². The molecule has 2 aromatic rings. The van der Waals surface area contributed by atoms with Crippen molar-refractivity contribution < 1.29 is 4.79 Å². The van der Waals surface area contributed by atoms with Gasteiger partial charge in [-0.3, -0.25) is 20.0 Å². The highest BCUT2D eigenvalue weighted by Gasteiger charge is 2.31. The molecule has 2 fully saturated rings. The summed E-state index contributed by atoms with van der Waals surface area (Å²) in [6.07, 6.45) is 2.49. The van der Waals surface area contributed by atoms with Gasteiger partial charge in [-0.1, -0.05) is 54.1 Å². The van der Waals surface area contributed by atoms with Crippen LogP contribution in [0, 0.1) is 6.92 Å². The quantitative estimate of drug-likeness (QED) is 0.831. The molecule has 0 bridgehead atoms. The van der Waals surface area contributed by atoms with Gasteiger partial charge in [-0.2, -0.15) is 5.10 Å². The number of hydrogen-bond donors (Lipinski definition) is 1. The standard InChI is InChI=1S/C25H31N5O/c1-19-8-10-20(11-9-19)24-21-6-2-3-7-22(21)25(27-26-24)30-16-14-29(15-17-30)23(31)18-28-12-4-5-13-28/h2-3,6-11,25,27H,4-5,12-18H2,1H3. The molecule has 31 heavy (non-hydrogen) atoms. The summed E-state index contributed by atoms with van der Waals surface area (Å²) >= 11 is 0. The average Bonchev–Trinajstić information content (AvgIpc) is 3.32. The lowest BCUT2D eigenvalue weighted by Crippen LogP contribution is -2.54. The number of carbonyl (C=O) groups is 1. The second kappa shape index (κ2) is 8.81. The molecule has 6 nitrogen and oxygen atoms in total. The maximum absolute atomic E-state index is 12.7. The van der Waals surface area contributed by atoms with Crippen molar-refractivity contribution in [2.75, 3.05) is 45.8 Å². The number of nitrogens with one attached hydrogen (secondary N) is 1. The molecule has 0 saturated carbocycles. The first-order chi connectivity index (χ1) is 15.2. The third-order valence-corrected chi connectivity index (χ3v) is 6.72. The molecule has 0 radical (unpaired) electrons. The molecule has 0 aliphatic carbocycles. The van der Waals surface area contributed by atoms with E-state index >= 15 is 0 Å². The number of hydrogen-bond acceptors (Lipinski definition) is 5. The normalized spacial score (nSPS) is 22.0. The van der Waals surface area contributed by atoms with Crippen LogP contribution in [0.15, 0.2) is 53.6 Å². The molecule has 1 atom stereocenters. The second-order valence-corrected chi connectivity index (χ2v) is 8.85. The summed E-state index contributed by atoms with van der Waals surface area (Å²) in [5.74, 6) is 0.276. The van der Waals surface area contributed by atoms with Crippen molar-refractivity contribution >= 4 is 11.6 Å². The number of nitrogens with zero attached hydrogens (tertiary/aromatic N) is 4. The van der Waals surface area contributed by atoms with Gasteiger partial charge in [-0.25, -0.2) is 0 Å². The molecule has 1 N–H and O–H groups in total. The van der Waals surface area contributed by atoms with Gasteiger partial charge in [0.1, 0.15) is 6.17 Å². The molecule has 6 heteroatoms. The highest BCUT2D eigenvalue weighted by Crippen LogP contribution is 2.29. The van der Waals surface area contributed by atoms with Gasteiger partial charge in [-0.05, 0) is 38.4 Å². The van der Waals surface area contributed by atoms with Crippen LogP contribution in [-0.4, -0.2) is 72.1 Å². The number of aryl methyl sites for hydroxylation is 1. The van der Waals surface area contributed by atoms with Gasteiger partial charge in [-0.15, -0.1) is 0 Å². The molecule has 1 amide bonds. The number of piperazine rings is 1. The topological polar surface area (TPSA) is 51.2 Å². The van der Waals surface area contributed by atoms with Crippen molar-refractivity contribution in [3.8, 4) is 0 Å². The largest absolute Gasteiger partial charge is 0.339 e. The van der Waals surface area contributed by atoms with E-state index in [4.69, 9.17) is 5.10 Å². The van der Waals surface area contributed by atoms with Crippen LogP contribution < -0.4 is 5.43 Å². The van der Waals surface area contributed by atoms with Gasteiger partial charge in [0.15, 0.2) is 0 Å². The minimum absolute atomic E-state index is 0.0428. The lowest BCUT2D eigenvalue weighted by atomic mass is 9.94. The molecule has 3 aliphatic rings. The molecule has 162 valence electrons. The second-order valence-electron chi connectivity index (χ2n) is 8.85. The molecule has 5 rings (SSSR count). The summed E-state index contributed by atoms with van der Waals surface area (Å²) in [4.78, 5) is 19.4. The molecule has 0 aromatic heterocycles. The SMILES string of the molecule is Cc1ccc(C2=NNC(N3CCN(C(=O)CN4CCCC4)CC3)c3ccccc32)cc1. The van der Waals surface area contributed by atoms with Gasteiger partial charge >= 0.3 is 0 Å². The van der Waals surface area contributed by atoms with Crippen molar-refractivity contribution in [3.05, 3.63) is 70.8 Å². The van der Waals surface area contributed by atoms with Crippen LogP contribution in [0.4, 0.5) is 0 Å². The number of benzene rings is 2. The predicted octanol–water partition coefficient (Wildman–Crippen LogP) is 2.59. The average molecular weight is 418 g/mol. The molecular formula is C25H31N5O. The van der Waals surface area contributed by atoms with E-state index in [-0.39, 0.29) is 12.1 Å². The Hall–Kier alpha value is -2.70. The van der Waals surface area contributed by atoms with E-state index in [1.165, 1.54) is 29.5 Å². The summed E-state index contributed by atoms with van der Waals surface area (Å²) in [7, 11) is 0. The Kier molecular flexibility index (Phi) is 5.74. The number of fused-ring (bicyclic) bond motifs is 1. The first-order valence-corrected chi connectivity index (χ1v) is 11.4. The molecule has 3 heterocycles. The Morgan fingerprint density at radius 1 is 0.968 bits per heavy atom. The zero-order valence-electron chi connectivity index (χ0n) is 18.3. The van der Waals surface area contributed by atoms with Crippen molar-refractivity contribution in [1.82, 2.24) is 20.1 Å². The van der Waals surface area contributed by atoms with E-state index in [1.54, 1.807) is 0 Å². The predicted molar refractivity (Wildman–Crippen MR) is 123 cm³/mol. The van der Waals surface area contributed by atoms with Gasteiger partial charge in [0.25, 0.3) is 0 Å².